The zero-order chi connectivity index (χ0) is 18.8. The van der Waals surface area contributed by atoms with Crippen molar-refractivity contribution >= 4 is 28.8 Å². The van der Waals surface area contributed by atoms with Gasteiger partial charge in [0.2, 0.25) is 0 Å². The third-order valence-corrected chi connectivity index (χ3v) is 6.53. The summed E-state index contributed by atoms with van der Waals surface area (Å²) in [5.41, 5.74) is 1.26. The van der Waals surface area contributed by atoms with Gasteiger partial charge in [0.05, 0.1) is 0 Å². The van der Waals surface area contributed by atoms with E-state index in [0.29, 0.717) is 23.3 Å². The van der Waals surface area contributed by atoms with Crippen molar-refractivity contribution < 1.29 is 9.59 Å². The highest BCUT2D eigenvalue weighted by molar-refractivity contribution is 7.09. The first-order valence-electron chi connectivity index (χ1n) is 9.55. The number of thiophene rings is 1. The van der Waals surface area contributed by atoms with Gasteiger partial charge in [-0.1, -0.05) is 18.2 Å². The number of benzene rings is 1. The van der Waals surface area contributed by atoms with Crippen LogP contribution >= 0.6 is 11.3 Å². The number of urea groups is 1. The number of nitrogens with zero attached hydrogens (tertiary/aromatic N) is 1. The number of rotatable bonds is 5. The SMILES string of the molecule is CC(=O)c1cccc(NC(=O)NC2C[C@H]3CC[C@@H](C2)N3Cc2cccs2)c1. The molecule has 2 bridgehead atoms. The molecule has 2 amide bonds. The van der Waals surface area contributed by atoms with Gasteiger partial charge >= 0.3 is 6.03 Å². The zero-order valence-corrected chi connectivity index (χ0v) is 16.3. The summed E-state index contributed by atoms with van der Waals surface area (Å²) in [5, 5.41) is 8.14. The van der Waals surface area contributed by atoms with Crippen LogP contribution in [0.2, 0.25) is 0 Å². The highest BCUT2D eigenvalue weighted by atomic mass is 32.1. The Morgan fingerprint density at radius 2 is 1.93 bits per heavy atom. The molecule has 5 nitrogen and oxygen atoms in total. The minimum Gasteiger partial charge on any atom is -0.335 e. The third-order valence-electron chi connectivity index (χ3n) is 5.67. The van der Waals surface area contributed by atoms with Crippen LogP contribution in [0.25, 0.3) is 0 Å². The van der Waals surface area contributed by atoms with Crippen molar-refractivity contribution in [2.45, 2.75) is 57.3 Å². The van der Waals surface area contributed by atoms with E-state index < -0.39 is 0 Å². The van der Waals surface area contributed by atoms with Gasteiger partial charge in [0.15, 0.2) is 5.78 Å². The minimum atomic E-state index is -0.188. The zero-order valence-electron chi connectivity index (χ0n) is 15.5. The van der Waals surface area contributed by atoms with Crippen LogP contribution in [-0.2, 0) is 6.54 Å². The number of carbonyl (C=O) groups is 2. The van der Waals surface area contributed by atoms with Gasteiger partial charge in [-0.15, -0.1) is 11.3 Å². The van der Waals surface area contributed by atoms with Crippen molar-refractivity contribution in [3.8, 4) is 0 Å². The molecule has 1 aromatic heterocycles. The topological polar surface area (TPSA) is 61.4 Å². The van der Waals surface area contributed by atoms with E-state index in [9.17, 15) is 9.59 Å². The first kappa shape index (κ1) is 18.2. The van der Waals surface area contributed by atoms with Crippen LogP contribution in [0.4, 0.5) is 10.5 Å². The first-order valence-corrected chi connectivity index (χ1v) is 10.4. The van der Waals surface area contributed by atoms with E-state index in [1.165, 1.54) is 24.6 Å². The summed E-state index contributed by atoms with van der Waals surface area (Å²) >= 11 is 1.82. The van der Waals surface area contributed by atoms with Crippen molar-refractivity contribution in [2.75, 3.05) is 5.32 Å². The predicted molar refractivity (Wildman–Crippen MR) is 108 cm³/mol. The maximum Gasteiger partial charge on any atom is 0.319 e. The number of hydrogen-bond acceptors (Lipinski definition) is 4. The lowest BCUT2D eigenvalue weighted by Crippen LogP contribution is -2.50. The fourth-order valence-corrected chi connectivity index (χ4v) is 5.11. The van der Waals surface area contributed by atoms with E-state index in [0.717, 1.165) is 19.4 Å². The van der Waals surface area contributed by atoms with Crippen molar-refractivity contribution in [1.82, 2.24) is 10.2 Å². The van der Waals surface area contributed by atoms with Crippen LogP contribution in [0.15, 0.2) is 41.8 Å². The Balaban J connectivity index is 1.33. The maximum absolute atomic E-state index is 12.4. The molecule has 2 fully saturated rings. The van der Waals surface area contributed by atoms with Crippen LogP contribution in [-0.4, -0.2) is 34.8 Å². The highest BCUT2D eigenvalue weighted by Crippen LogP contribution is 2.37. The summed E-state index contributed by atoms with van der Waals surface area (Å²) in [6.07, 6.45) is 4.44. The number of hydrogen-bond donors (Lipinski definition) is 2. The molecule has 27 heavy (non-hydrogen) atoms. The summed E-state index contributed by atoms with van der Waals surface area (Å²) in [7, 11) is 0. The molecule has 1 aromatic carbocycles. The molecule has 1 unspecified atom stereocenters. The average Bonchev–Trinajstić information content (AvgIpc) is 3.22. The Morgan fingerprint density at radius 3 is 2.59 bits per heavy atom. The van der Waals surface area contributed by atoms with Crippen molar-refractivity contribution in [1.29, 1.82) is 0 Å². The minimum absolute atomic E-state index is 0.00579. The van der Waals surface area contributed by atoms with Gasteiger partial charge < -0.3 is 10.6 Å². The van der Waals surface area contributed by atoms with Crippen LogP contribution in [0.5, 0.6) is 0 Å². The van der Waals surface area contributed by atoms with E-state index >= 15 is 0 Å². The molecule has 6 heteroatoms. The average molecular weight is 384 g/mol. The van der Waals surface area contributed by atoms with E-state index in [-0.39, 0.29) is 17.9 Å². The van der Waals surface area contributed by atoms with Crippen LogP contribution in [0.3, 0.4) is 0 Å². The molecule has 3 heterocycles. The summed E-state index contributed by atoms with van der Waals surface area (Å²) in [6.45, 7) is 2.56. The fraction of sp³-hybridized carbons (Fsp3) is 0.429. The van der Waals surface area contributed by atoms with Gasteiger partial charge in [0, 0.05) is 40.8 Å². The Hall–Kier alpha value is -2.18. The normalized spacial score (nSPS) is 24.6. The van der Waals surface area contributed by atoms with E-state index in [1.807, 2.05) is 11.3 Å². The fourth-order valence-electron chi connectivity index (χ4n) is 4.40. The molecule has 2 aromatic rings. The van der Waals surface area contributed by atoms with Crippen molar-refractivity contribution in [2.24, 2.45) is 0 Å². The number of nitrogens with one attached hydrogen (secondary N) is 2. The maximum atomic E-state index is 12.4. The second-order valence-corrected chi connectivity index (χ2v) is 8.57. The number of Topliss-reactive ketones (excluding diaryl/α,β-unsaturated/α-hetero) is 1. The first-order chi connectivity index (χ1) is 13.1. The molecule has 2 aliphatic rings. The number of anilines is 1. The number of ketones is 1. The summed E-state index contributed by atoms with van der Waals surface area (Å²) in [5.74, 6) is -0.00579. The number of fused-ring (bicyclic) bond motifs is 2. The molecule has 2 saturated heterocycles. The summed E-state index contributed by atoms with van der Waals surface area (Å²) in [4.78, 5) is 27.9. The third kappa shape index (κ3) is 4.22. The Bertz CT molecular complexity index is 807. The molecular formula is C21H25N3O2S. The second kappa shape index (κ2) is 7.82. The van der Waals surface area contributed by atoms with E-state index in [4.69, 9.17) is 0 Å². The van der Waals surface area contributed by atoms with E-state index in [2.05, 4.69) is 33.0 Å². The lowest BCUT2D eigenvalue weighted by molar-refractivity contribution is 0.101. The van der Waals surface area contributed by atoms with Gasteiger partial charge in [0.1, 0.15) is 0 Å². The number of carbonyl (C=O) groups excluding carboxylic acids is 2. The Morgan fingerprint density at radius 1 is 1.15 bits per heavy atom. The lowest BCUT2D eigenvalue weighted by Gasteiger charge is -2.39. The predicted octanol–water partition coefficient (Wildman–Crippen LogP) is 4.27. The Labute approximate surface area is 163 Å². The summed E-state index contributed by atoms with van der Waals surface area (Å²) < 4.78 is 0. The number of amides is 2. The number of piperidine rings is 1. The molecule has 2 aliphatic heterocycles. The molecular weight excluding hydrogens is 358 g/mol. The van der Waals surface area contributed by atoms with Crippen LogP contribution in [0, 0.1) is 0 Å². The standard InChI is InChI=1S/C21H25N3O2S/c1-14(25)15-4-2-5-16(10-15)22-21(26)23-17-11-18-7-8-19(12-17)24(18)13-20-6-3-9-27-20/h2-6,9-10,17-19H,7-8,11-13H2,1H3,(H2,22,23,26)/t17?,18-,19+. The van der Waals surface area contributed by atoms with Crippen LogP contribution in [0.1, 0.15) is 47.8 Å². The van der Waals surface area contributed by atoms with Gasteiger partial charge in [0.25, 0.3) is 0 Å². The quantitative estimate of drug-likeness (QED) is 0.758. The molecule has 2 N–H and O–H groups in total. The van der Waals surface area contributed by atoms with E-state index in [1.54, 1.807) is 24.3 Å². The lowest BCUT2D eigenvalue weighted by atomic mass is 9.97. The van der Waals surface area contributed by atoms with Gasteiger partial charge in [-0.2, -0.15) is 0 Å². The van der Waals surface area contributed by atoms with Gasteiger partial charge in [-0.25, -0.2) is 4.79 Å². The Kier molecular flexibility index (Phi) is 5.27. The molecule has 0 radical (unpaired) electrons. The molecule has 0 aliphatic carbocycles. The summed E-state index contributed by atoms with van der Waals surface area (Å²) in [6, 6.07) is 12.5. The molecule has 3 atom stereocenters. The highest BCUT2D eigenvalue weighted by Gasteiger charge is 2.41. The molecule has 0 spiro atoms. The molecule has 4 rings (SSSR count). The van der Waals surface area contributed by atoms with Gasteiger partial charge in [-0.3, -0.25) is 9.69 Å². The van der Waals surface area contributed by atoms with Gasteiger partial charge in [-0.05, 0) is 56.2 Å². The van der Waals surface area contributed by atoms with Crippen LogP contribution < -0.4 is 10.6 Å². The molecule has 0 saturated carbocycles. The van der Waals surface area contributed by atoms with Crippen molar-refractivity contribution in [3.05, 3.63) is 52.2 Å². The largest absolute Gasteiger partial charge is 0.335 e. The van der Waals surface area contributed by atoms with Crippen molar-refractivity contribution in [3.63, 3.8) is 0 Å². The smallest absolute Gasteiger partial charge is 0.319 e. The second-order valence-electron chi connectivity index (χ2n) is 7.54. The monoisotopic (exact) mass is 383 g/mol. The molecule has 142 valence electrons.